The first-order valence-electron chi connectivity index (χ1n) is 11.7. The molecule has 2 N–H and O–H groups in total. The maximum atomic E-state index is 4.94. The van der Waals surface area contributed by atoms with E-state index in [0.29, 0.717) is 6.42 Å². The van der Waals surface area contributed by atoms with Crippen LogP contribution in [0.5, 0.6) is 0 Å². The maximum Gasteiger partial charge on any atom is 0.111 e. The molecule has 0 amide bonds. The molecule has 4 rings (SSSR count). The quantitative estimate of drug-likeness (QED) is 0.310. The number of H-pyrrole nitrogens is 1. The first-order chi connectivity index (χ1) is 17.0. The van der Waals surface area contributed by atoms with Crippen LogP contribution in [0.15, 0.2) is 85.4 Å². The second-order valence-electron chi connectivity index (χ2n) is 8.69. The Kier molecular flexibility index (Phi) is 7.53. The van der Waals surface area contributed by atoms with Crippen molar-refractivity contribution in [3.05, 3.63) is 102 Å². The summed E-state index contributed by atoms with van der Waals surface area (Å²) in [5.74, 6) is 0.885. The highest BCUT2D eigenvalue weighted by molar-refractivity contribution is 5.90. The Bertz CT molecular complexity index is 1380. The number of imidazole rings is 1. The van der Waals surface area contributed by atoms with E-state index in [1.807, 2.05) is 43.7 Å². The zero-order valence-electron chi connectivity index (χ0n) is 20.8. The summed E-state index contributed by atoms with van der Waals surface area (Å²) in [7, 11) is 6.08. The second-order valence-corrected chi connectivity index (χ2v) is 8.69. The van der Waals surface area contributed by atoms with Gasteiger partial charge in [0.15, 0.2) is 0 Å². The average Bonchev–Trinajstić information content (AvgIpc) is 3.29. The Morgan fingerprint density at radius 3 is 2.71 bits per heavy atom. The number of fused-ring (bicyclic) bond motifs is 1. The van der Waals surface area contributed by atoms with Crippen LogP contribution in [0.1, 0.15) is 23.9 Å². The molecule has 6 nitrogen and oxygen atoms in total. The highest BCUT2D eigenvalue weighted by Crippen LogP contribution is 2.28. The highest BCUT2D eigenvalue weighted by atomic mass is 15.0. The third-order valence-electron chi connectivity index (χ3n) is 5.86. The van der Waals surface area contributed by atoms with Gasteiger partial charge in [-0.15, -0.1) is 0 Å². The van der Waals surface area contributed by atoms with Gasteiger partial charge in [-0.05, 0) is 67.6 Å². The van der Waals surface area contributed by atoms with E-state index in [0.717, 1.165) is 57.0 Å². The summed E-state index contributed by atoms with van der Waals surface area (Å²) in [5.41, 5.74) is 9.31. The zero-order chi connectivity index (χ0) is 24.8. The van der Waals surface area contributed by atoms with Crippen molar-refractivity contribution in [3.8, 4) is 11.3 Å². The zero-order valence-corrected chi connectivity index (χ0v) is 20.8. The number of aromatic amines is 1. The fraction of sp³-hybridized carbons (Fsp3) is 0.207. The molecule has 0 radical (unpaired) electrons. The molecule has 0 saturated carbocycles. The lowest BCUT2D eigenvalue weighted by atomic mass is 9.98. The van der Waals surface area contributed by atoms with Crippen LogP contribution >= 0.6 is 0 Å². The summed E-state index contributed by atoms with van der Waals surface area (Å²) >= 11 is 0. The van der Waals surface area contributed by atoms with E-state index in [9.17, 15) is 0 Å². The lowest BCUT2D eigenvalue weighted by molar-refractivity contribution is 0.449. The molecule has 4 aromatic rings. The minimum Gasteiger partial charge on any atom is -0.388 e. The van der Waals surface area contributed by atoms with Crippen LogP contribution in [0.4, 0.5) is 5.69 Å². The predicted octanol–water partition coefficient (Wildman–Crippen LogP) is 5.73. The van der Waals surface area contributed by atoms with Crippen molar-refractivity contribution in [1.29, 1.82) is 0 Å². The average molecular weight is 465 g/mol. The van der Waals surface area contributed by atoms with Crippen molar-refractivity contribution in [2.24, 2.45) is 0 Å². The topological polar surface area (TPSA) is 69.7 Å². The Balaban J connectivity index is 1.70. The van der Waals surface area contributed by atoms with Crippen LogP contribution < -0.4 is 5.32 Å². The molecular weight excluding hydrogens is 432 g/mol. The molecule has 6 heteroatoms. The molecule has 0 aliphatic heterocycles. The van der Waals surface area contributed by atoms with E-state index < -0.39 is 0 Å². The van der Waals surface area contributed by atoms with Gasteiger partial charge in [-0.1, -0.05) is 36.9 Å². The minimum atomic E-state index is 0.660. The van der Waals surface area contributed by atoms with Crippen molar-refractivity contribution in [3.63, 3.8) is 0 Å². The van der Waals surface area contributed by atoms with Gasteiger partial charge >= 0.3 is 0 Å². The smallest absolute Gasteiger partial charge is 0.111 e. The van der Waals surface area contributed by atoms with E-state index in [1.165, 1.54) is 5.57 Å². The number of hydrogen-bond acceptors (Lipinski definition) is 5. The van der Waals surface area contributed by atoms with Crippen LogP contribution in [-0.2, 0) is 6.42 Å². The number of nitrogens with zero attached hydrogens (tertiary/aromatic N) is 4. The van der Waals surface area contributed by atoms with E-state index in [2.05, 4.69) is 83.1 Å². The molecule has 0 fully saturated rings. The fourth-order valence-electron chi connectivity index (χ4n) is 4.19. The van der Waals surface area contributed by atoms with E-state index >= 15 is 0 Å². The number of benzene rings is 1. The third-order valence-corrected chi connectivity index (χ3v) is 5.86. The molecular formula is C29H32N6. The number of aromatic nitrogens is 4. The van der Waals surface area contributed by atoms with Gasteiger partial charge in [-0.25, -0.2) is 4.98 Å². The van der Waals surface area contributed by atoms with E-state index in [1.54, 1.807) is 6.20 Å². The van der Waals surface area contributed by atoms with Gasteiger partial charge in [0.1, 0.15) is 11.3 Å². The number of pyridine rings is 2. The Labute approximate surface area is 207 Å². The van der Waals surface area contributed by atoms with Crippen molar-refractivity contribution in [2.75, 3.05) is 33.0 Å². The Hall–Kier alpha value is -4.03. The molecule has 0 aliphatic carbocycles. The summed E-state index contributed by atoms with van der Waals surface area (Å²) in [6.45, 7) is 6.90. The highest BCUT2D eigenvalue weighted by Gasteiger charge is 2.13. The molecule has 0 atom stereocenters. The largest absolute Gasteiger partial charge is 0.388 e. The molecule has 0 saturated heterocycles. The molecule has 3 aromatic heterocycles. The van der Waals surface area contributed by atoms with Gasteiger partial charge in [-0.3, -0.25) is 9.97 Å². The van der Waals surface area contributed by atoms with Crippen molar-refractivity contribution in [1.82, 2.24) is 24.8 Å². The van der Waals surface area contributed by atoms with Gasteiger partial charge in [0.05, 0.1) is 17.4 Å². The number of hydrogen-bond donors (Lipinski definition) is 2. The normalized spacial score (nSPS) is 12.4. The molecule has 0 aliphatic rings. The summed E-state index contributed by atoms with van der Waals surface area (Å²) < 4.78 is 0. The van der Waals surface area contributed by atoms with Gasteiger partial charge < -0.3 is 15.2 Å². The summed E-state index contributed by atoms with van der Waals surface area (Å²) in [6.07, 6.45) is 12.4. The molecule has 1 aromatic carbocycles. The first kappa shape index (κ1) is 24.1. The molecule has 178 valence electrons. The number of rotatable bonds is 9. The molecule has 35 heavy (non-hydrogen) atoms. The first-order valence-corrected chi connectivity index (χ1v) is 11.7. The summed E-state index contributed by atoms with van der Waals surface area (Å²) in [4.78, 5) is 19.4. The number of anilines is 1. The lowest BCUT2D eigenvalue weighted by Crippen LogP contribution is -2.14. The molecule has 0 spiro atoms. The van der Waals surface area contributed by atoms with Crippen molar-refractivity contribution >= 4 is 22.3 Å². The standard InChI is InChI=1S/C29H32N6/c1-6-20(19-35(4)5)14-21(7-2)22-11-12-25(30-3)23(15-22)16-28-33-27-18-31-17-24(29(27)34-28)26-10-8-9-13-32-26/h6-15,17-18,30H,1,16,19H2,2-5H3,(H,33,34)/b20-14+,21-7+. The SMILES string of the molecule is C=C/C(=C\C(=C/C)c1ccc(NC)c(Cc2nc3c(-c4ccccn4)cncc3[nH]2)c1)CN(C)C. The van der Waals surface area contributed by atoms with Crippen LogP contribution in [0.25, 0.3) is 27.9 Å². The lowest BCUT2D eigenvalue weighted by Gasteiger charge is -2.14. The maximum absolute atomic E-state index is 4.94. The van der Waals surface area contributed by atoms with E-state index in [-0.39, 0.29) is 0 Å². The number of likely N-dealkylation sites (N-methyl/N-ethyl adjacent to an activating group) is 1. The monoisotopic (exact) mass is 464 g/mol. The van der Waals surface area contributed by atoms with Crippen LogP contribution in [-0.4, -0.2) is 52.5 Å². The molecule has 0 unspecified atom stereocenters. The summed E-state index contributed by atoms with van der Waals surface area (Å²) in [6, 6.07) is 12.4. The van der Waals surface area contributed by atoms with Crippen LogP contribution in [0.2, 0.25) is 0 Å². The Morgan fingerprint density at radius 2 is 2.03 bits per heavy atom. The predicted molar refractivity (Wildman–Crippen MR) is 146 cm³/mol. The van der Waals surface area contributed by atoms with Gasteiger partial charge in [-0.2, -0.15) is 0 Å². The number of allylic oxidation sites excluding steroid dienone is 3. The van der Waals surface area contributed by atoms with E-state index in [4.69, 9.17) is 4.98 Å². The van der Waals surface area contributed by atoms with Gasteiger partial charge in [0, 0.05) is 43.7 Å². The van der Waals surface area contributed by atoms with Crippen LogP contribution in [0.3, 0.4) is 0 Å². The molecule has 0 bridgehead atoms. The van der Waals surface area contributed by atoms with Gasteiger partial charge in [0.25, 0.3) is 0 Å². The molecule has 3 heterocycles. The van der Waals surface area contributed by atoms with Gasteiger partial charge in [0.2, 0.25) is 0 Å². The minimum absolute atomic E-state index is 0.660. The fourth-order valence-corrected chi connectivity index (χ4v) is 4.19. The third kappa shape index (κ3) is 5.55. The second kappa shape index (κ2) is 10.9. The number of nitrogens with one attached hydrogen (secondary N) is 2. The van der Waals surface area contributed by atoms with Crippen LogP contribution in [0, 0.1) is 0 Å². The van der Waals surface area contributed by atoms with Crippen molar-refractivity contribution in [2.45, 2.75) is 13.3 Å². The Morgan fingerprint density at radius 1 is 1.17 bits per heavy atom. The van der Waals surface area contributed by atoms with Crippen molar-refractivity contribution < 1.29 is 0 Å². The summed E-state index contributed by atoms with van der Waals surface area (Å²) in [5, 5.41) is 3.33.